The lowest BCUT2D eigenvalue weighted by Crippen LogP contribution is -1.98. The standard InChI is InChI=1S/2C6H8O4.C4H4O4/c2*1-9-5(7)3-4-6(8)10-2;5-3(6)1-2-4(7)8/h2*3-4H,1-2H3;1-2H,(H,5,6)(H,7,8)/b2*4-3-;2-1-. The van der Waals surface area contributed by atoms with Gasteiger partial charge in [0.25, 0.3) is 0 Å². The molecule has 0 amide bonds. The van der Waals surface area contributed by atoms with E-state index >= 15 is 0 Å². The summed E-state index contributed by atoms with van der Waals surface area (Å²) in [4.78, 5) is 60.4. The van der Waals surface area contributed by atoms with Crippen molar-refractivity contribution in [3.05, 3.63) is 36.5 Å². The Morgan fingerprint density at radius 1 is 0.464 bits per heavy atom. The molecule has 0 aliphatic carbocycles. The smallest absolute Gasteiger partial charge is 0.330 e. The Labute approximate surface area is 159 Å². The second-order valence-corrected chi connectivity index (χ2v) is 3.77. The molecule has 0 rings (SSSR count). The summed E-state index contributed by atoms with van der Waals surface area (Å²) in [6.45, 7) is 0. The summed E-state index contributed by atoms with van der Waals surface area (Å²) < 4.78 is 16.8. The monoisotopic (exact) mass is 404 g/mol. The summed E-state index contributed by atoms with van der Waals surface area (Å²) >= 11 is 0. The molecule has 0 aromatic heterocycles. The van der Waals surface area contributed by atoms with Crippen LogP contribution < -0.4 is 0 Å². The van der Waals surface area contributed by atoms with Crippen molar-refractivity contribution in [1.29, 1.82) is 0 Å². The van der Waals surface area contributed by atoms with Gasteiger partial charge in [-0.15, -0.1) is 0 Å². The quantitative estimate of drug-likeness (QED) is 0.329. The largest absolute Gasteiger partial charge is 0.478 e. The maximum atomic E-state index is 10.3. The zero-order valence-electron chi connectivity index (χ0n) is 15.4. The lowest BCUT2D eigenvalue weighted by atomic mass is 10.5. The van der Waals surface area contributed by atoms with Crippen molar-refractivity contribution in [3.63, 3.8) is 0 Å². The number of carbonyl (C=O) groups is 6. The minimum Gasteiger partial charge on any atom is -0.478 e. The third-order valence-electron chi connectivity index (χ3n) is 1.88. The molecule has 0 saturated heterocycles. The first-order valence-electron chi connectivity index (χ1n) is 6.85. The molecular weight excluding hydrogens is 384 g/mol. The lowest BCUT2D eigenvalue weighted by molar-refractivity contribution is -0.137. The lowest BCUT2D eigenvalue weighted by Gasteiger charge is -1.89. The molecule has 0 fully saturated rings. The zero-order valence-corrected chi connectivity index (χ0v) is 15.4. The predicted molar refractivity (Wildman–Crippen MR) is 90.8 cm³/mol. The van der Waals surface area contributed by atoms with Gasteiger partial charge in [-0.1, -0.05) is 0 Å². The van der Waals surface area contributed by atoms with Crippen LogP contribution in [-0.2, 0) is 47.7 Å². The van der Waals surface area contributed by atoms with E-state index in [4.69, 9.17) is 10.2 Å². The molecule has 0 aromatic carbocycles. The Kier molecular flexibility index (Phi) is 19.9. The number of hydrogen-bond donors (Lipinski definition) is 2. The van der Waals surface area contributed by atoms with E-state index in [1.54, 1.807) is 0 Å². The fourth-order valence-corrected chi connectivity index (χ4v) is 0.687. The summed E-state index contributed by atoms with van der Waals surface area (Å²) in [6, 6.07) is 0. The molecule has 0 aliphatic rings. The fraction of sp³-hybridized carbons (Fsp3) is 0.250. The Bertz CT molecular complexity index is 538. The number of methoxy groups -OCH3 is 4. The van der Waals surface area contributed by atoms with E-state index in [9.17, 15) is 28.8 Å². The van der Waals surface area contributed by atoms with Crippen LogP contribution in [0.2, 0.25) is 0 Å². The molecule has 156 valence electrons. The van der Waals surface area contributed by atoms with Crippen molar-refractivity contribution in [1.82, 2.24) is 0 Å². The third kappa shape index (κ3) is 26.9. The number of carbonyl (C=O) groups excluding carboxylic acids is 4. The van der Waals surface area contributed by atoms with Crippen LogP contribution >= 0.6 is 0 Å². The molecule has 0 spiro atoms. The molecule has 12 nitrogen and oxygen atoms in total. The highest BCUT2D eigenvalue weighted by atomic mass is 16.5. The maximum Gasteiger partial charge on any atom is 0.330 e. The topological polar surface area (TPSA) is 180 Å². The molecule has 0 radical (unpaired) electrons. The van der Waals surface area contributed by atoms with Gasteiger partial charge in [-0.25, -0.2) is 28.8 Å². The van der Waals surface area contributed by atoms with E-state index in [2.05, 4.69) is 18.9 Å². The number of ether oxygens (including phenoxy) is 4. The van der Waals surface area contributed by atoms with Gasteiger partial charge in [0.1, 0.15) is 0 Å². The molecule has 2 N–H and O–H groups in total. The summed E-state index contributed by atoms with van der Waals surface area (Å²) in [5.74, 6) is -4.83. The zero-order chi connectivity index (χ0) is 22.5. The van der Waals surface area contributed by atoms with Crippen molar-refractivity contribution in [2.75, 3.05) is 28.4 Å². The summed E-state index contributed by atoms with van der Waals surface area (Å²) in [5.41, 5.74) is 0. The Morgan fingerprint density at radius 2 is 0.643 bits per heavy atom. The average molecular weight is 404 g/mol. The molecule has 0 aromatic rings. The molecule has 0 unspecified atom stereocenters. The van der Waals surface area contributed by atoms with E-state index in [-0.39, 0.29) is 0 Å². The highest BCUT2D eigenvalue weighted by molar-refractivity contribution is 5.92. The van der Waals surface area contributed by atoms with Crippen LogP contribution in [0.5, 0.6) is 0 Å². The van der Waals surface area contributed by atoms with E-state index in [0.717, 1.165) is 24.3 Å². The van der Waals surface area contributed by atoms with Crippen molar-refractivity contribution in [2.24, 2.45) is 0 Å². The van der Waals surface area contributed by atoms with Gasteiger partial charge in [-0.2, -0.15) is 0 Å². The van der Waals surface area contributed by atoms with Gasteiger partial charge in [0.2, 0.25) is 0 Å². The van der Waals surface area contributed by atoms with Crippen LogP contribution in [0.15, 0.2) is 36.5 Å². The molecule has 0 heterocycles. The van der Waals surface area contributed by atoms with Gasteiger partial charge < -0.3 is 29.2 Å². The first-order chi connectivity index (χ1) is 13.0. The van der Waals surface area contributed by atoms with Crippen molar-refractivity contribution >= 4 is 35.8 Å². The number of rotatable bonds is 6. The summed E-state index contributed by atoms with van der Waals surface area (Å²) in [5, 5.41) is 15.6. The summed E-state index contributed by atoms with van der Waals surface area (Å²) in [6.07, 6.45) is 5.08. The van der Waals surface area contributed by atoms with E-state index in [1.165, 1.54) is 28.4 Å². The molecule has 28 heavy (non-hydrogen) atoms. The van der Waals surface area contributed by atoms with Gasteiger partial charge >= 0.3 is 35.8 Å². The number of aliphatic carboxylic acids is 2. The Morgan fingerprint density at radius 3 is 0.750 bits per heavy atom. The number of esters is 4. The second kappa shape index (κ2) is 19.4. The van der Waals surface area contributed by atoms with Crippen LogP contribution in [0.3, 0.4) is 0 Å². The highest BCUT2D eigenvalue weighted by Gasteiger charge is 1.95. The number of hydrogen-bond acceptors (Lipinski definition) is 10. The van der Waals surface area contributed by atoms with Crippen LogP contribution in [0, 0.1) is 0 Å². The number of carboxylic acid groups (broad SMARTS) is 2. The Hall–Kier alpha value is -3.96. The average Bonchev–Trinajstić information content (AvgIpc) is 2.68. The van der Waals surface area contributed by atoms with Crippen LogP contribution in [0.4, 0.5) is 0 Å². The minimum atomic E-state index is -1.26. The van der Waals surface area contributed by atoms with Crippen LogP contribution in [0.25, 0.3) is 0 Å². The third-order valence-corrected chi connectivity index (χ3v) is 1.88. The second-order valence-electron chi connectivity index (χ2n) is 3.77. The molecule has 0 saturated carbocycles. The molecular formula is C16H20O12. The normalized spacial score (nSPS) is 9.43. The molecule has 0 aliphatic heterocycles. The molecule has 0 atom stereocenters. The summed E-state index contributed by atoms with van der Waals surface area (Å²) in [7, 11) is 4.90. The first-order valence-corrected chi connectivity index (χ1v) is 6.85. The number of carboxylic acids is 2. The maximum absolute atomic E-state index is 10.3. The van der Waals surface area contributed by atoms with Crippen LogP contribution in [0.1, 0.15) is 0 Å². The first kappa shape index (κ1) is 28.8. The minimum absolute atomic E-state index is 0.558. The molecule has 12 heteroatoms. The Balaban J connectivity index is -0.000000337. The van der Waals surface area contributed by atoms with Gasteiger partial charge in [0.15, 0.2) is 0 Å². The highest BCUT2D eigenvalue weighted by Crippen LogP contribution is 1.81. The van der Waals surface area contributed by atoms with Crippen molar-refractivity contribution in [2.45, 2.75) is 0 Å². The van der Waals surface area contributed by atoms with Gasteiger partial charge in [-0.3, -0.25) is 0 Å². The molecule has 0 bridgehead atoms. The van der Waals surface area contributed by atoms with Crippen molar-refractivity contribution < 1.29 is 57.9 Å². The van der Waals surface area contributed by atoms with Gasteiger partial charge in [0, 0.05) is 36.5 Å². The van der Waals surface area contributed by atoms with E-state index in [1.807, 2.05) is 0 Å². The van der Waals surface area contributed by atoms with Gasteiger partial charge in [-0.05, 0) is 0 Å². The van der Waals surface area contributed by atoms with E-state index < -0.39 is 35.8 Å². The predicted octanol–water partition coefficient (Wildman–Crippen LogP) is -0.511. The fourth-order valence-electron chi connectivity index (χ4n) is 0.687. The van der Waals surface area contributed by atoms with E-state index in [0.29, 0.717) is 12.2 Å². The SMILES string of the molecule is COC(=O)/C=C\C(=O)OC.COC(=O)/C=C\C(=O)OC.O=C(O)/C=C\C(=O)O. The van der Waals surface area contributed by atoms with Crippen LogP contribution in [-0.4, -0.2) is 74.5 Å². The van der Waals surface area contributed by atoms with Gasteiger partial charge in [0.05, 0.1) is 28.4 Å². The van der Waals surface area contributed by atoms with Crippen molar-refractivity contribution in [3.8, 4) is 0 Å².